The molecule has 5 atom stereocenters. The first-order chi connectivity index (χ1) is 14.1. The van der Waals surface area contributed by atoms with Crippen LogP contribution < -0.4 is 15.6 Å². The van der Waals surface area contributed by atoms with Gasteiger partial charge in [-0.05, 0) is 73.0 Å². The number of sulfonamides is 1. The van der Waals surface area contributed by atoms with E-state index in [1.54, 1.807) is 11.8 Å². The molecule has 2 amide bonds. The van der Waals surface area contributed by atoms with Crippen molar-refractivity contribution in [3.63, 3.8) is 0 Å². The molecule has 0 aromatic rings. The van der Waals surface area contributed by atoms with E-state index in [2.05, 4.69) is 27.4 Å². The average molecular weight is 461 g/mol. The Morgan fingerprint density at radius 3 is 2.57 bits per heavy atom. The van der Waals surface area contributed by atoms with Crippen molar-refractivity contribution >= 4 is 27.8 Å². The van der Waals surface area contributed by atoms with Gasteiger partial charge in [-0.15, -0.1) is 11.8 Å². The van der Waals surface area contributed by atoms with Gasteiger partial charge < -0.3 is 9.80 Å². The summed E-state index contributed by atoms with van der Waals surface area (Å²) in [6.07, 6.45) is 4.56. The van der Waals surface area contributed by atoms with Crippen LogP contribution in [0.3, 0.4) is 0 Å². The van der Waals surface area contributed by atoms with Crippen molar-refractivity contribution < 1.29 is 13.2 Å². The number of urea groups is 1. The number of fused-ring (bicyclic) bond motifs is 1. The predicted octanol–water partition coefficient (Wildman–Crippen LogP) is 0.908. The number of carbonyl (C=O) groups is 1. The molecule has 4 rings (SSSR count). The van der Waals surface area contributed by atoms with E-state index < -0.39 is 15.3 Å². The molecule has 4 aliphatic rings. The van der Waals surface area contributed by atoms with E-state index in [4.69, 9.17) is 0 Å². The number of thioether (sulfide) groups is 1. The Kier molecular flexibility index (Phi) is 6.33. The van der Waals surface area contributed by atoms with Crippen LogP contribution in [0, 0.1) is 0 Å². The molecule has 0 aromatic heterocycles. The van der Waals surface area contributed by atoms with Crippen molar-refractivity contribution in [2.45, 2.75) is 86.1 Å². The lowest BCUT2D eigenvalue weighted by molar-refractivity contribution is 0.170. The van der Waals surface area contributed by atoms with E-state index in [0.717, 1.165) is 32.2 Å². The van der Waals surface area contributed by atoms with Crippen LogP contribution in [0.1, 0.15) is 52.4 Å². The van der Waals surface area contributed by atoms with Gasteiger partial charge in [0.2, 0.25) is 10.0 Å². The third-order valence-corrected chi connectivity index (χ3v) is 10.00. The lowest BCUT2D eigenvalue weighted by atomic mass is 9.90. The first-order valence-corrected chi connectivity index (χ1v) is 13.5. The highest BCUT2D eigenvalue weighted by atomic mass is 32.2. The van der Waals surface area contributed by atoms with Gasteiger partial charge in [-0.2, -0.15) is 0 Å². The van der Waals surface area contributed by atoms with Crippen LogP contribution in [0.25, 0.3) is 0 Å². The molecule has 3 N–H and O–H groups in total. The smallest absolute Gasteiger partial charge is 0.319 e. The average Bonchev–Trinajstić information content (AvgIpc) is 3.10. The summed E-state index contributed by atoms with van der Waals surface area (Å²) in [5, 5.41) is -0.242. The van der Waals surface area contributed by atoms with Crippen LogP contribution in [0.2, 0.25) is 0 Å². The monoisotopic (exact) mass is 460 g/mol. The summed E-state index contributed by atoms with van der Waals surface area (Å²) in [4.78, 5) is 19.5. The minimum atomic E-state index is -3.39. The molecule has 2 heterocycles. The quantitative estimate of drug-likeness (QED) is 0.495. The molecule has 5 unspecified atom stereocenters. The molecule has 9 nitrogen and oxygen atoms in total. The normalized spacial score (nSPS) is 35.9. The molecule has 2 aliphatic heterocycles. The van der Waals surface area contributed by atoms with Crippen molar-refractivity contribution in [1.29, 1.82) is 0 Å². The Hall–Kier alpha value is -0.590. The highest BCUT2D eigenvalue weighted by molar-refractivity contribution is 8.00. The molecule has 172 valence electrons. The Bertz CT molecular complexity index is 759. The number of hydrazine groups is 1. The summed E-state index contributed by atoms with van der Waals surface area (Å²) >= 11 is 1.66. The Balaban J connectivity index is 1.51. The molecule has 0 spiro atoms. The molecule has 0 radical (unpaired) electrons. The van der Waals surface area contributed by atoms with Crippen LogP contribution in [-0.4, -0.2) is 90.1 Å². The maximum absolute atomic E-state index is 13.4. The van der Waals surface area contributed by atoms with Crippen LogP contribution in [0.15, 0.2) is 0 Å². The fourth-order valence-electron chi connectivity index (χ4n) is 4.86. The van der Waals surface area contributed by atoms with Gasteiger partial charge in [-0.25, -0.2) is 28.8 Å². The summed E-state index contributed by atoms with van der Waals surface area (Å²) in [6.45, 7) is 5.66. The van der Waals surface area contributed by atoms with E-state index >= 15 is 0 Å². The molecule has 2 saturated carbocycles. The van der Waals surface area contributed by atoms with Crippen LogP contribution in [-0.2, 0) is 10.0 Å². The number of amides is 2. The Labute approximate surface area is 184 Å². The molecule has 30 heavy (non-hydrogen) atoms. The summed E-state index contributed by atoms with van der Waals surface area (Å²) in [5.41, 5.74) is 5.97. The van der Waals surface area contributed by atoms with Crippen LogP contribution >= 0.6 is 11.8 Å². The first-order valence-electron chi connectivity index (χ1n) is 11.0. The van der Waals surface area contributed by atoms with Crippen molar-refractivity contribution in [3.8, 4) is 0 Å². The van der Waals surface area contributed by atoms with Crippen LogP contribution in [0.4, 0.5) is 4.79 Å². The summed E-state index contributed by atoms with van der Waals surface area (Å²) < 4.78 is 29.0. The fraction of sp³-hybridized carbons (Fsp3) is 0.947. The van der Waals surface area contributed by atoms with E-state index in [1.807, 2.05) is 30.8 Å². The first kappa shape index (κ1) is 22.6. The molecule has 4 fully saturated rings. The largest absolute Gasteiger partial charge is 0.322 e. The molecule has 2 saturated heterocycles. The fourth-order valence-corrected chi connectivity index (χ4v) is 7.86. The summed E-state index contributed by atoms with van der Waals surface area (Å²) in [6, 6.07) is 0.0297. The van der Waals surface area contributed by atoms with Crippen molar-refractivity contribution in [2.75, 3.05) is 27.2 Å². The molecule has 11 heteroatoms. The lowest BCUT2D eigenvalue weighted by Gasteiger charge is -2.37. The van der Waals surface area contributed by atoms with Gasteiger partial charge in [-0.3, -0.25) is 4.90 Å². The van der Waals surface area contributed by atoms with Gasteiger partial charge in [0.05, 0.1) is 22.7 Å². The second-order valence-electron chi connectivity index (χ2n) is 9.74. The van der Waals surface area contributed by atoms with Crippen molar-refractivity contribution in [2.24, 2.45) is 0 Å². The van der Waals surface area contributed by atoms with Gasteiger partial charge >= 0.3 is 6.03 Å². The molecule has 0 aromatic carbocycles. The third kappa shape index (κ3) is 4.61. The summed E-state index contributed by atoms with van der Waals surface area (Å²) in [5.74, 6) is 0. The Morgan fingerprint density at radius 1 is 1.23 bits per heavy atom. The standard InChI is InChI=1S/C19H36N6O3S2/c1-13-20-21-17(29-13)25-16-12-14(30(27,28)22-19(2)8-9-19)6-7-15(16)24(18(25)26)11-5-10-23(3)4/h13-17,20-22H,5-12H2,1-4H3. The highest BCUT2D eigenvalue weighted by Gasteiger charge is 2.54. The minimum Gasteiger partial charge on any atom is -0.319 e. The summed E-state index contributed by atoms with van der Waals surface area (Å²) in [7, 11) is 0.682. The SMILES string of the molecule is CC1NNC(N2C(=O)N(CCCN(C)C)C3CCC(S(=O)(=O)NC4(C)CC4)CC32)S1. The van der Waals surface area contributed by atoms with E-state index in [0.29, 0.717) is 19.4 Å². The second-order valence-corrected chi connectivity index (χ2v) is 13.1. The molecule has 2 aliphatic carbocycles. The van der Waals surface area contributed by atoms with Crippen LogP contribution in [0.5, 0.6) is 0 Å². The van der Waals surface area contributed by atoms with Crippen molar-refractivity contribution in [3.05, 3.63) is 0 Å². The zero-order valence-electron chi connectivity index (χ0n) is 18.4. The van der Waals surface area contributed by atoms with Gasteiger partial charge in [0.1, 0.15) is 5.50 Å². The minimum absolute atomic E-state index is 0.0322. The van der Waals surface area contributed by atoms with Gasteiger partial charge in [0.25, 0.3) is 0 Å². The molecular weight excluding hydrogens is 424 g/mol. The van der Waals surface area contributed by atoms with Gasteiger partial charge in [0.15, 0.2) is 0 Å². The number of nitrogens with one attached hydrogen (secondary N) is 3. The predicted molar refractivity (Wildman–Crippen MR) is 119 cm³/mol. The van der Waals surface area contributed by atoms with E-state index in [9.17, 15) is 13.2 Å². The van der Waals surface area contributed by atoms with Gasteiger partial charge in [-0.1, -0.05) is 0 Å². The van der Waals surface area contributed by atoms with Crippen molar-refractivity contribution in [1.82, 2.24) is 30.3 Å². The van der Waals surface area contributed by atoms with E-state index in [1.165, 1.54) is 0 Å². The second kappa shape index (κ2) is 8.40. The maximum atomic E-state index is 13.4. The number of hydrogen-bond donors (Lipinski definition) is 3. The third-order valence-electron chi connectivity index (χ3n) is 6.78. The Morgan fingerprint density at radius 2 is 1.97 bits per heavy atom. The topological polar surface area (TPSA) is 97.0 Å². The highest BCUT2D eigenvalue weighted by Crippen LogP contribution is 2.41. The van der Waals surface area contributed by atoms with Gasteiger partial charge in [0, 0.05) is 12.1 Å². The molecular formula is C19H36N6O3S2. The molecule has 0 bridgehead atoms. The zero-order valence-corrected chi connectivity index (χ0v) is 20.1. The number of nitrogens with zero attached hydrogens (tertiary/aromatic N) is 3. The number of carbonyl (C=O) groups excluding carboxylic acids is 1. The number of rotatable bonds is 8. The maximum Gasteiger partial charge on any atom is 0.322 e. The number of hydrogen-bond acceptors (Lipinski definition) is 7. The van der Waals surface area contributed by atoms with E-state index in [-0.39, 0.29) is 34.5 Å². The lowest BCUT2D eigenvalue weighted by Crippen LogP contribution is -2.53. The zero-order chi connectivity index (χ0) is 21.7.